The van der Waals surface area contributed by atoms with Crippen molar-refractivity contribution in [2.24, 2.45) is 10.9 Å². The fourth-order valence-corrected chi connectivity index (χ4v) is 0.694. The Balaban J connectivity index is 2.56. The highest BCUT2D eigenvalue weighted by Gasteiger charge is 1.91. The Morgan fingerprint density at radius 1 is 1.50 bits per heavy atom. The van der Waals surface area contributed by atoms with E-state index in [0.717, 1.165) is 0 Å². The van der Waals surface area contributed by atoms with Gasteiger partial charge in [-0.3, -0.25) is 0 Å². The number of nitrogens with zero attached hydrogens (tertiary/aromatic N) is 2. The van der Waals surface area contributed by atoms with Crippen molar-refractivity contribution < 1.29 is 5.21 Å². The smallest absolute Gasteiger partial charge is 0.159 e. The second-order valence-corrected chi connectivity index (χ2v) is 1.95. The fraction of sp³-hybridized carbons (Fsp3) is 0.167. The number of amidine groups is 1. The van der Waals surface area contributed by atoms with E-state index < -0.39 is 0 Å². The maximum absolute atomic E-state index is 8.18. The molecule has 0 aromatic carbocycles. The van der Waals surface area contributed by atoms with Gasteiger partial charge in [-0.1, -0.05) is 5.16 Å². The summed E-state index contributed by atoms with van der Waals surface area (Å²) in [6, 6.07) is 3.76. The molecule has 0 atom stereocenters. The molecule has 0 saturated carbocycles. The molecule has 0 unspecified atom stereocenters. The first-order chi connectivity index (χ1) is 4.83. The van der Waals surface area contributed by atoms with E-state index in [0.29, 0.717) is 6.54 Å². The van der Waals surface area contributed by atoms with E-state index in [1.165, 1.54) is 0 Å². The van der Waals surface area contributed by atoms with Crippen LogP contribution in [0.2, 0.25) is 0 Å². The Labute approximate surface area is 58.6 Å². The highest BCUT2D eigenvalue weighted by atomic mass is 16.4. The highest BCUT2D eigenvalue weighted by molar-refractivity contribution is 5.79. The molecule has 0 aliphatic rings. The van der Waals surface area contributed by atoms with Crippen molar-refractivity contribution in [3.8, 4) is 0 Å². The molecule has 0 saturated heterocycles. The van der Waals surface area contributed by atoms with Crippen LogP contribution in [0.25, 0.3) is 0 Å². The van der Waals surface area contributed by atoms with Gasteiger partial charge in [-0.25, -0.2) is 0 Å². The SMILES string of the molecule is N/C(Cn1cccc1)=N\O. The number of nitrogens with two attached hydrogens (primary N) is 1. The molecule has 0 spiro atoms. The van der Waals surface area contributed by atoms with Crippen molar-refractivity contribution in [3.63, 3.8) is 0 Å². The molecule has 0 bridgehead atoms. The van der Waals surface area contributed by atoms with Gasteiger partial charge < -0.3 is 15.5 Å². The van der Waals surface area contributed by atoms with Gasteiger partial charge in [0.25, 0.3) is 0 Å². The van der Waals surface area contributed by atoms with Gasteiger partial charge in [-0.15, -0.1) is 0 Å². The summed E-state index contributed by atoms with van der Waals surface area (Å²) in [5.74, 6) is 0.205. The number of hydrogen-bond donors (Lipinski definition) is 2. The maximum atomic E-state index is 8.18. The van der Waals surface area contributed by atoms with E-state index >= 15 is 0 Å². The molecule has 0 aliphatic heterocycles. The Kier molecular flexibility index (Phi) is 1.94. The third kappa shape index (κ3) is 1.51. The molecule has 10 heavy (non-hydrogen) atoms. The Morgan fingerprint density at radius 2 is 2.10 bits per heavy atom. The van der Waals surface area contributed by atoms with Crippen molar-refractivity contribution in [1.29, 1.82) is 0 Å². The summed E-state index contributed by atoms with van der Waals surface area (Å²) in [4.78, 5) is 0. The minimum absolute atomic E-state index is 0.205. The van der Waals surface area contributed by atoms with Gasteiger partial charge in [0, 0.05) is 12.4 Å². The van der Waals surface area contributed by atoms with Crippen LogP contribution in [-0.2, 0) is 6.54 Å². The lowest BCUT2D eigenvalue weighted by atomic mass is 10.6. The van der Waals surface area contributed by atoms with Crippen molar-refractivity contribution in [3.05, 3.63) is 24.5 Å². The number of aromatic nitrogens is 1. The molecule has 1 heterocycles. The largest absolute Gasteiger partial charge is 0.409 e. The molecule has 54 valence electrons. The minimum atomic E-state index is 0.205. The van der Waals surface area contributed by atoms with Crippen LogP contribution in [-0.4, -0.2) is 15.6 Å². The quantitative estimate of drug-likeness (QED) is 0.267. The summed E-state index contributed by atoms with van der Waals surface area (Å²) in [6.45, 7) is 0.434. The minimum Gasteiger partial charge on any atom is -0.409 e. The fourth-order valence-electron chi connectivity index (χ4n) is 0.694. The summed E-state index contributed by atoms with van der Waals surface area (Å²) in [5.41, 5.74) is 5.24. The Morgan fingerprint density at radius 3 is 2.60 bits per heavy atom. The molecule has 0 aliphatic carbocycles. The molecule has 0 amide bonds. The normalized spacial score (nSPS) is 11.8. The summed E-state index contributed by atoms with van der Waals surface area (Å²) in [5, 5.41) is 11.0. The molecular formula is C6H9N3O. The van der Waals surface area contributed by atoms with Gasteiger partial charge in [0.1, 0.15) is 0 Å². The van der Waals surface area contributed by atoms with E-state index in [9.17, 15) is 0 Å². The standard InChI is InChI=1S/C6H9N3O/c7-6(8-10)5-9-3-1-2-4-9/h1-4,10H,5H2,(H2,7,8). The Bertz CT molecular complexity index is 215. The predicted molar refractivity (Wildman–Crippen MR) is 37.8 cm³/mol. The third-order valence-corrected chi connectivity index (χ3v) is 1.14. The van der Waals surface area contributed by atoms with E-state index in [-0.39, 0.29) is 5.84 Å². The molecule has 1 aromatic heterocycles. The van der Waals surface area contributed by atoms with Gasteiger partial charge in [-0.2, -0.15) is 0 Å². The average Bonchev–Trinajstić information content (AvgIpc) is 2.40. The molecule has 1 aromatic rings. The van der Waals surface area contributed by atoms with Crippen LogP contribution in [0.1, 0.15) is 0 Å². The summed E-state index contributed by atoms with van der Waals surface area (Å²) >= 11 is 0. The van der Waals surface area contributed by atoms with Crippen molar-refractivity contribution in [2.45, 2.75) is 6.54 Å². The third-order valence-electron chi connectivity index (χ3n) is 1.14. The van der Waals surface area contributed by atoms with Crippen molar-refractivity contribution >= 4 is 5.84 Å². The van der Waals surface area contributed by atoms with Crippen LogP contribution in [0.3, 0.4) is 0 Å². The lowest BCUT2D eigenvalue weighted by molar-refractivity contribution is 0.316. The zero-order valence-electron chi connectivity index (χ0n) is 5.44. The van der Waals surface area contributed by atoms with Crippen molar-refractivity contribution in [1.82, 2.24) is 4.57 Å². The number of hydrogen-bond acceptors (Lipinski definition) is 2. The molecule has 1 rings (SSSR count). The maximum Gasteiger partial charge on any atom is 0.159 e. The molecule has 4 nitrogen and oxygen atoms in total. The zero-order chi connectivity index (χ0) is 7.40. The lowest BCUT2D eigenvalue weighted by Gasteiger charge is -1.98. The molecule has 0 fully saturated rings. The number of oxime groups is 1. The van der Waals surface area contributed by atoms with Gasteiger partial charge in [-0.05, 0) is 12.1 Å². The van der Waals surface area contributed by atoms with Crippen LogP contribution < -0.4 is 5.73 Å². The average molecular weight is 139 g/mol. The van der Waals surface area contributed by atoms with Gasteiger partial charge in [0.15, 0.2) is 5.84 Å². The van der Waals surface area contributed by atoms with Crippen LogP contribution >= 0.6 is 0 Å². The van der Waals surface area contributed by atoms with Gasteiger partial charge in [0.2, 0.25) is 0 Å². The van der Waals surface area contributed by atoms with Crippen molar-refractivity contribution in [2.75, 3.05) is 0 Å². The summed E-state index contributed by atoms with van der Waals surface area (Å²) < 4.78 is 1.81. The summed E-state index contributed by atoms with van der Waals surface area (Å²) in [7, 11) is 0. The lowest BCUT2D eigenvalue weighted by Crippen LogP contribution is -2.18. The van der Waals surface area contributed by atoms with E-state index in [1.54, 1.807) is 0 Å². The van der Waals surface area contributed by atoms with Crippen LogP contribution in [0.5, 0.6) is 0 Å². The molecular weight excluding hydrogens is 130 g/mol. The van der Waals surface area contributed by atoms with Gasteiger partial charge >= 0.3 is 0 Å². The predicted octanol–water partition coefficient (Wildman–Crippen LogP) is 0.234. The first-order valence-electron chi connectivity index (χ1n) is 2.90. The first-order valence-corrected chi connectivity index (χ1v) is 2.90. The van der Waals surface area contributed by atoms with Crippen LogP contribution in [0.15, 0.2) is 29.7 Å². The van der Waals surface area contributed by atoms with Crippen LogP contribution in [0.4, 0.5) is 0 Å². The Hall–Kier alpha value is -1.45. The molecule has 4 heteroatoms. The zero-order valence-corrected chi connectivity index (χ0v) is 5.44. The van der Waals surface area contributed by atoms with E-state index in [2.05, 4.69) is 5.16 Å². The van der Waals surface area contributed by atoms with Gasteiger partial charge in [0.05, 0.1) is 6.54 Å². The molecule has 0 radical (unpaired) electrons. The topological polar surface area (TPSA) is 63.5 Å². The second kappa shape index (κ2) is 2.91. The number of rotatable bonds is 2. The second-order valence-electron chi connectivity index (χ2n) is 1.95. The van der Waals surface area contributed by atoms with E-state index in [4.69, 9.17) is 10.9 Å². The van der Waals surface area contributed by atoms with E-state index in [1.807, 2.05) is 29.1 Å². The first kappa shape index (κ1) is 6.67. The monoisotopic (exact) mass is 139 g/mol. The molecule has 3 N–H and O–H groups in total. The highest BCUT2D eigenvalue weighted by Crippen LogP contribution is 1.88. The van der Waals surface area contributed by atoms with Crippen LogP contribution in [0, 0.1) is 0 Å². The summed E-state index contributed by atoms with van der Waals surface area (Å²) in [6.07, 6.45) is 3.69.